The molecule has 2 atom stereocenters. The van der Waals surface area contributed by atoms with Crippen LogP contribution in [0.3, 0.4) is 0 Å². The highest BCUT2D eigenvalue weighted by Gasteiger charge is 2.41. The van der Waals surface area contributed by atoms with Crippen LogP contribution in [0.1, 0.15) is 19.4 Å². The summed E-state index contributed by atoms with van der Waals surface area (Å²) in [6.45, 7) is 3.77. The number of ether oxygens (including phenoxy) is 2. The average molecular weight is 386 g/mol. The Morgan fingerprint density at radius 1 is 1.04 bits per heavy atom. The van der Waals surface area contributed by atoms with Crippen molar-refractivity contribution in [2.45, 2.75) is 24.8 Å². The van der Waals surface area contributed by atoms with Gasteiger partial charge in [0.15, 0.2) is 9.84 Å². The Labute approximate surface area is 159 Å². The fourth-order valence-electron chi connectivity index (χ4n) is 3.13. The quantitative estimate of drug-likeness (QED) is 0.711. The lowest BCUT2D eigenvalue weighted by atomic mass is 9.96. The standard InChI is InChI=1S/C21H22O5S/c1-3-25-21(22)19-15(2)18(26-20(19)16-10-6-4-7-11-16)14-27(23,24)17-12-8-5-9-13-17/h4-13,15,18H,3,14H2,1-2H3/t15-,18-/m0/s1. The lowest BCUT2D eigenvalue weighted by Crippen LogP contribution is -2.28. The Kier molecular flexibility index (Phi) is 5.65. The lowest BCUT2D eigenvalue weighted by Gasteiger charge is -2.17. The minimum Gasteiger partial charge on any atom is -0.488 e. The van der Waals surface area contributed by atoms with Crippen LogP contribution in [0.2, 0.25) is 0 Å². The van der Waals surface area contributed by atoms with Gasteiger partial charge in [-0.25, -0.2) is 13.2 Å². The molecule has 0 saturated heterocycles. The number of hydrogen-bond acceptors (Lipinski definition) is 5. The van der Waals surface area contributed by atoms with Crippen molar-refractivity contribution < 1.29 is 22.7 Å². The summed E-state index contributed by atoms with van der Waals surface area (Å²) in [6.07, 6.45) is -0.662. The molecule has 0 fully saturated rings. The van der Waals surface area contributed by atoms with E-state index in [-0.39, 0.29) is 17.3 Å². The van der Waals surface area contributed by atoms with E-state index in [0.29, 0.717) is 11.3 Å². The molecule has 0 saturated carbocycles. The van der Waals surface area contributed by atoms with E-state index in [4.69, 9.17) is 9.47 Å². The molecule has 5 nitrogen and oxygen atoms in total. The van der Waals surface area contributed by atoms with Gasteiger partial charge in [0, 0.05) is 11.5 Å². The summed E-state index contributed by atoms with van der Waals surface area (Å²) in [6, 6.07) is 17.5. The third-order valence-electron chi connectivity index (χ3n) is 4.54. The molecule has 142 valence electrons. The highest BCUT2D eigenvalue weighted by molar-refractivity contribution is 7.91. The number of rotatable bonds is 6. The summed E-state index contributed by atoms with van der Waals surface area (Å²) in [4.78, 5) is 12.8. The van der Waals surface area contributed by atoms with Crippen LogP contribution in [0.4, 0.5) is 0 Å². The molecule has 6 heteroatoms. The van der Waals surface area contributed by atoms with Gasteiger partial charge in [-0.05, 0) is 19.1 Å². The third kappa shape index (κ3) is 4.06. The fraction of sp³-hybridized carbons (Fsp3) is 0.286. The summed E-state index contributed by atoms with van der Waals surface area (Å²) in [7, 11) is -3.55. The summed E-state index contributed by atoms with van der Waals surface area (Å²) < 4.78 is 36.7. The highest BCUT2D eigenvalue weighted by atomic mass is 32.2. The summed E-state index contributed by atoms with van der Waals surface area (Å²) in [5, 5.41) is 0. The lowest BCUT2D eigenvalue weighted by molar-refractivity contribution is -0.139. The number of hydrogen-bond donors (Lipinski definition) is 0. The van der Waals surface area contributed by atoms with E-state index in [1.165, 1.54) is 0 Å². The second-order valence-electron chi connectivity index (χ2n) is 6.37. The zero-order valence-electron chi connectivity index (χ0n) is 15.3. The zero-order valence-corrected chi connectivity index (χ0v) is 16.1. The van der Waals surface area contributed by atoms with E-state index >= 15 is 0 Å². The van der Waals surface area contributed by atoms with E-state index < -0.39 is 27.8 Å². The molecule has 27 heavy (non-hydrogen) atoms. The molecule has 1 aliphatic heterocycles. The van der Waals surface area contributed by atoms with Gasteiger partial charge >= 0.3 is 5.97 Å². The molecule has 0 radical (unpaired) electrons. The Balaban J connectivity index is 1.92. The average Bonchev–Trinajstić information content (AvgIpc) is 2.99. The van der Waals surface area contributed by atoms with Crippen molar-refractivity contribution in [3.05, 3.63) is 71.8 Å². The Morgan fingerprint density at radius 3 is 2.22 bits per heavy atom. The largest absolute Gasteiger partial charge is 0.488 e. The maximum Gasteiger partial charge on any atom is 0.338 e. The van der Waals surface area contributed by atoms with Crippen molar-refractivity contribution in [2.24, 2.45) is 5.92 Å². The number of carbonyl (C=O) groups excluding carboxylic acids is 1. The Hall–Kier alpha value is -2.60. The summed E-state index contributed by atoms with van der Waals surface area (Å²) in [5.41, 5.74) is 1.11. The van der Waals surface area contributed by atoms with Crippen molar-refractivity contribution in [1.82, 2.24) is 0 Å². The smallest absolute Gasteiger partial charge is 0.338 e. The molecule has 1 aliphatic rings. The van der Waals surface area contributed by atoms with Crippen molar-refractivity contribution in [2.75, 3.05) is 12.4 Å². The van der Waals surface area contributed by atoms with Crippen LogP contribution < -0.4 is 0 Å². The molecule has 0 unspecified atom stereocenters. The normalized spacial score (nSPS) is 19.6. The van der Waals surface area contributed by atoms with Gasteiger partial charge in [-0.3, -0.25) is 0 Å². The SMILES string of the molecule is CCOC(=O)C1=C(c2ccccc2)O[C@@H](CS(=O)(=O)c2ccccc2)[C@@H]1C. The van der Waals surface area contributed by atoms with Crippen LogP contribution in [0.15, 0.2) is 71.1 Å². The van der Waals surface area contributed by atoms with Crippen molar-refractivity contribution in [3.8, 4) is 0 Å². The molecular weight excluding hydrogens is 364 g/mol. The minimum atomic E-state index is -3.55. The van der Waals surface area contributed by atoms with Gasteiger partial charge in [0.25, 0.3) is 0 Å². The van der Waals surface area contributed by atoms with Crippen LogP contribution in [0.5, 0.6) is 0 Å². The van der Waals surface area contributed by atoms with Gasteiger partial charge in [0.2, 0.25) is 0 Å². The predicted octanol–water partition coefficient (Wildman–Crippen LogP) is 3.47. The molecule has 2 aromatic rings. The summed E-state index contributed by atoms with van der Waals surface area (Å²) in [5.74, 6) is -0.687. The van der Waals surface area contributed by atoms with Crippen LogP contribution in [0, 0.1) is 5.92 Å². The fourth-order valence-corrected chi connectivity index (χ4v) is 4.68. The topological polar surface area (TPSA) is 69.7 Å². The molecule has 0 amide bonds. The van der Waals surface area contributed by atoms with Crippen molar-refractivity contribution in [3.63, 3.8) is 0 Å². The summed E-state index contributed by atoms with van der Waals surface area (Å²) >= 11 is 0. The first-order valence-electron chi connectivity index (χ1n) is 8.85. The van der Waals surface area contributed by atoms with E-state index in [0.717, 1.165) is 5.56 Å². The van der Waals surface area contributed by atoms with Gasteiger partial charge in [-0.2, -0.15) is 0 Å². The molecule has 1 heterocycles. The first kappa shape index (κ1) is 19.2. The number of benzene rings is 2. The van der Waals surface area contributed by atoms with E-state index in [9.17, 15) is 13.2 Å². The Bertz CT molecular complexity index is 933. The highest BCUT2D eigenvalue weighted by Crippen LogP contribution is 2.38. The second kappa shape index (κ2) is 7.96. The van der Waals surface area contributed by atoms with Crippen LogP contribution in [0.25, 0.3) is 5.76 Å². The number of carbonyl (C=O) groups is 1. The van der Waals surface area contributed by atoms with E-state index in [1.54, 1.807) is 44.2 Å². The zero-order chi connectivity index (χ0) is 19.4. The van der Waals surface area contributed by atoms with Crippen LogP contribution in [-0.2, 0) is 24.1 Å². The van der Waals surface area contributed by atoms with E-state index in [1.807, 2.05) is 30.3 Å². The van der Waals surface area contributed by atoms with Gasteiger partial charge in [0.05, 0.1) is 22.8 Å². The maximum atomic E-state index is 12.8. The minimum absolute atomic E-state index is 0.211. The molecule has 0 bridgehead atoms. The predicted molar refractivity (Wildman–Crippen MR) is 103 cm³/mol. The second-order valence-corrected chi connectivity index (χ2v) is 8.40. The van der Waals surface area contributed by atoms with Gasteiger partial charge in [0.1, 0.15) is 11.9 Å². The molecule has 0 N–H and O–H groups in total. The Morgan fingerprint density at radius 2 is 1.63 bits per heavy atom. The van der Waals surface area contributed by atoms with Crippen LogP contribution >= 0.6 is 0 Å². The first-order valence-corrected chi connectivity index (χ1v) is 10.5. The molecular formula is C21H22O5S. The van der Waals surface area contributed by atoms with Gasteiger partial charge in [-0.15, -0.1) is 0 Å². The number of esters is 1. The monoisotopic (exact) mass is 386 g/mol. The number of sulfone groups is 1. The first-order chi connectivity index (χ1) is 12.9. The van der Waals surface area contributed by atoms with Gasteiger partial charge in [-0.1, -0.05) is 55.5 Å². The maximum absolute atomic E-state index is 12.8. The van der Waals surface area contributed by atoms with Crippen molar-refractivity contribution >= 4 is 21.6 Å². The molecule has 3 rings (SSSR count). The molecule has 2 aromatic carbocycles. The third-order valence-corrected chi connectivity index (χ3v) is 6.30. The molecule has 0 aromatic heterocycles. The van der Waals surface area contributed by atoms with E-state index in [2.05, 4.69) is 0 Å². The molecule has 0 aliphatic carbocycles. The molecule has 0 spiro atoms. The van der Waals surface area contributed by atoms with Crippen molar-refractivity contribution in [1.29, 1.82) is 0 Å². The van der Waals surface area contributed by atoms with Crippen LogP contribution in [-0.4, -0.2) is 32.9 Å². The van der Waals surface area contributed by atoms with Gasteiger partial charge < -0.3 is 9.47 Å².